The highest BCUT2D eigenvalue weighted by Gasteiger charge is 2.22. The number of Topliss-reactive ketones (excluding diaryl/α,β-unsaturated/α-hetero) is 1. The van der Waals surface area contributed by atoms with E-state index in [-0.39, 0.29) is 6.42 Å². The minimum atomic E-state index is -1.50. The second kappa shape index (κ2) is 4.38. The maximum atomic E-state index is 10.6. The Kier molecular flexibility index (Phi) is 4.18. The van der Waals surface area contributed by atoms with Crippen LogP contribution in [0.4, 0.5) is 0 Å². The topological polar surface area (TPSA) is 77.4 Å². The zero-order valence-corrected chi connectivity index (χ0v) is 5.78. The molecule has 0 saturated carbocycles. The first-order valence-corrected chi connectivity index (χ1v) is 3.12. The lowest BCUT2D eigenvalue weighted by atomic mass is 10.1. The van der Waals surface area contributed by atoms with E-state index in [0.29, 0.717) is 0 Å². The van der Waals surface area contributed by atoms with Crippen molar-refractivity contribution in [2.45, 2.75) is 25.6 Å². The molecule has 0 aliphatic rings. The fourth-order valence-electron chi connectivity index (χ4n) is 0.506. The van der Waals surface area contributed by atoms with Gasteiger partial charge in [-0.15, -0.1) is 0 Å². The van der Waals surface area contributed by atoms with E-state index in [0.717, 1.165) is 0 Å². The summed E-state index contributed by atoms with van der Waals surface area (Å²) in [5, 5.41) is 27.4. The average Bonchev–Trinajstić information content (AvgIpc) is 2.00. The Morgan fingerprint density at radius 3 is 2.40 bits per heavy atom. The molecule has 4 nitrogen and oxygen atoms in total. The Bertz CT molecular complexity index is 100. The van der Waals surface area contributed by atoms with E-state index in [1.807, 2.05) is 0 Å². The predicted octanol–water partition coefficient (Wildman–Crippen LogP) is -0.882. The minimum absolute atomic E-state index is 0.149. The molecule has 4 heteroatoms. The lowest BCUT2D eigenvalue weighted by Crippen LogP contribution is -2.33. The first-order valence-electron chi connectivity index (χ1n) is 3.12. The maximum Gasteiger partial charge on any atom is 0.195 e. The van der Waals surface area contributed by atoms with Crippen molar-refractivity contribution >= 4 is 5.78 Å². The molecule has 0 aromatic heterocycles. The number of ketones is 1. The molecule has 0 heterocycles. The SMILES string of the molecule is CCC([O])C(=O)C(O)CO. The number of hydrogen-bond donors (Lipinski definition) is 2. The molecule has 2 unspecified atom stereocenters. The van der Waals surface area contributed by atoms with Gasteiger partial charge in [0.05, 0.1) is 6.61 Å². The molecule has 2 N–H and O–H groups in total. The van der Waals surface area contributed by atoms with E-state index in [1.54, 1.807) is 6.92 Å². The van der Waals surface area contributed by atoms with Crippen LogP contribution in [-0.2, 0) is 9.90 Å². The van der Waals surface area contributed by atoms with E-state index < -0.39 is 24.6 Å². The van der Waals surface area contributed by atoms with Crippen molar-refractivity contribution in [1.82, 2.24) is 0 Å². The first kappa shape index (κ1) is 9.55. The number of rotatable bonds is 4. The molecule has 2 atom stereocenters. The van der Waals surface area contributed by atoms with Gasteiger partial charge in [0.2, 0.25) is 0 Å². The van der Waals surface area contributed by atoms with E-state index in [9.17, 15) is 9.90 Å². The normalized spacial score (nSPS) is 16.4. The van der Waals surface area contributed by atoms with Gasteiger partial charge in [-0.1, -0.05) is 6.92 Å². The standard InChI is InChI=1S/C6H11O4/c1-2-4(8)6(10)5(9)3-7/h4-5,7,9H,2-3H2,1H3. The lowest BCUT2D eigenvalue weighted by molar-refractivity contribution is -0.141. The predicted molar refractivity (Wildman–Crippen MR) is 32.9 cm³/mol. The van der Waals surface area contributed by atoms with Crippen molar-refractivity contribution < 1.29 is 20.1 Å². The zero-order chi connectivity index (χ0) is 8.15. The van der Waals surface area contributed by atoms with Gasteiger partial charge in [0.25, 0.3) is 0 Å². The summed E-state index contributed by atoms with van der Waals surface area (Å²) in [6.45, 7) is 0.886. The van der Waals surface area contributed by atoms with Crippen molar-refractivity contribution in [3.05, 3.63) is 0 Å². The highest BCUT2D eigenvalue weighted by molar-refractivity contribution is 5.86. The summed E-state index contributed by atoms with van der Waals surface area (Å²) in [5.74, 6) is -0.829. The van der Waals surface area contributed by atoms with Gasteiger partial charge in [-0.3, -0.25) is 4.79 Å². The monoisotopic (exact) mass is 147 g/mol. The van der Waals surface area contributed by atoms with Crippen LogP contribution in [0.2, 0.25) is 0 Å². The maximum absolute atomic E-state index is 10.6. The number of carbonyl (C=O) groups excluding carboxylic acids is 1. The summed E-state index contributed by atoms with van der Waals surface area (Å²) < 4.78 is 0. The van der Waals surface area contributed by atoms with Gasteiger partial charge in [0, 0.05) is 0 Å². The van der Waals surface area contributed by atoms with Crippen LogP contribution in [0.5, 0.6) is 0 Å². The molecule has 0 amide bonds. The molecule has 0 fully saturated rings. The highest BCUT2D eigenvalue weighted by atomic mass is 16.3. The summed E-state index contributed by atoms with van der Waals surface area (Å²) >= 11 is 0. The molecule has 0 spiro atoms. The van der Waals surface area contributed by atoms with E-state index in [4.69, 9.17) is 10.2 Å². The van der Waals surface area contributed by atoms with Crippen LogP contribution < -0.4 is 0 Å². The van der Waals surface area contributed by atoms with Crippen molar-refractivity contribution in [2.24, 2.45) is 0 Å². The number of aliphatic hydroxyl groups excluding tert-OH is 2. The van der Waals surface area contributed by atoms with Crippen LogP contribution >= 0.6 is 0 Å². The van der Waals surface area contributed by atoms with Gasteiger partial charge in [-0.2, -0.15) is 0 Å². The fourth-order valence-corrected chi connectivity index (χ4v) is 0.506. The third kappa shape index (κ3) is 2.43. The quantitative estimate of drug-likeness (QED) is 0.542. The molecule has 0 aromatic rings. The summed E-state index contributed by atoms with van der Waals surface area (Å²) in [7, 11) is 0. The zero-order valence-electron chi connectivity index (χ0n) is 5.78. The Morgan fingerprint density at radius 1 is 1.60 bits per heavy atom. The van der Waals surface area contributed by atoms with Crippen LogP contribution in [0.3, 0.4) is 0 Å². The van der Waals surface area contributed by atoms with Crippen molar-refractivity contribution in [1.29, 1.82) is 0 Å². The van der Waals surface area contributed by atoms with Crippen LogP contribution in [0, 0.1) is 0 Å². The Balaban J connectivity index is 3.82. The first-order chi connectivity index (χ1) is 4.63. The molecule has 59 valence electrons. The molecule has 0 aliphatic carbocycles. The van der Waals surface area contributed by atoms with Gasteiger partial charge in [-0.25, -0.2) is 5.11 Å². The van der Waals surface area contributed by atoms with E-state index >= 15 is 0 Å². The average molecular weight is 147 g/mol. The third-order valence-corrected chi connectivity index (χ3v) is 1.19. The fraction of sp³-hybridized carbons (Fsp3) is 0.833. The van der Waals surface area contributed by atoms with Gasteiger partial charge < -0.3 is 10.2 Å². The third-order valence-electron chi connectivity index (χ3n) is 1.19. The molecular formula is C6H11O4. The molecule has 0 aromatic carbocycles. The molecule has 1 radical (unpaired) electrons. The summed E-state index contributed by atoms with van der Waals surface area (Å²) in [4.78, 5) is 10.6. The van der Waals surface area contributed by atoms with E-state index in [2.05, 4.69) is 0 Å². The van der Waals surface area contributed by atoms with Crippen molar-refractivity contribution in [2.75, 3.05) is 6.61 Å². The number of carbonyl (C=O) groups is 1. The Hall–Kier alpha value is -0.450. The Morgan fingerprint density at radius 2 is 2.10 bits per heavy atom. The molecule has 0 rings (SSSR count). The molecule has 0 bridgehead atoms. The highest BCUT2D eigenvalue weighted by Crippen LogP contribution is 1.96. The Labute approximate surface area is 59.1 Å². The molecular weight excluding hydrogens is 136 g/mol. The number of hydrogen-bond acceptors (Lipinski definition) is 3. The summed E-state index contributed by atoms with van der Waals surface area (Å²) in [6, 6.07) is 0. The van der Waals surface area contributed by atoms with Gasteiger partial charge in [0.1, 0.15) is 6.10 Å². The van der Waals surface area contributed by atoms with Gasteiger partial charge in [0.15, 0.2) is 11.9 Å². The van der Waals surface area contributed by atoms with Crippen molar-refractivity contribution in [3.8, 4) is 0 Å². The molecule has 0 aliphatic heterocycles. The second-order valence-corrected chi connectivity index (χ2v) is 2.00. The lowest BCUT2D eigenvalue weighted by Gasteiger charge is -2.07. The van der Waals surface area contributed by atoms with E-state index in [1.165, 1.54) is 0 Å². The second-order valence-electron chi connectivity index (χ2n) is 2.00. The summed E-state index contributed by atoms with van der Waals surface area (Å²) in [5.41, 5.74) is 0. The van der Waals surface area contributed by atoms with Crippen LogP contribution in [-0.4, -0.2) is 34.8 Å². The number of aliphatic hydroxyl groups is 2. The summed E-state index contributed by atoms with van der Waals surface area (Å²) in [6.07, 6.45) is -2.75. The largest absolute Gasteiger partial charge is 0.393 e. The van der Waals surface area contributed by atoms with Crippen LogP contribution in [0.25, 0.3) is 0 Å². The van der Waals surface area contributed by atoms with Crippen LogP contribution in [0.1, 0.15) is 13.3 Å². The molecule has 0 saturated heterocycles. The molecule has 10 heavy (non-hydrogen) atoms. The van der Waals surface area contributed by atoms with Gasteiger partial charge in [-0.05, 0) is 6.42 Å². The van der Waals surface area contributed by atoms with Crippen molar-refractivity contribution in [3.63, 3.8) is 0 Å². The van der Waals surface area contributed by atoms with Gasteiger partial charge >= 0.3 is 0 Å². The van der Waals surface area contributed by atoms with Crippen LogP contribution in [0.15, 0.2) is 0 Å². The smallest absolute Gasteiger partial charge is 0.195 e. The minimum Gasteiger partial charge on any atom is -0.393 e.